The summed E-state index contributed by atoms with van der Waals surface area (Å²) < 4.78 is 0. The maximum atomic E-state index is 11.9. The molecule has 7 heteroatoms. The number of benzene rings is 1. The Morgan fingerprint density at radius 1 is 1.09 bits per heavy atom. The highest BCUT2D eigenvalue weighted by molar-refractivity contribution is 5.80. The van der Waals surface area contributed by atoms with Crippen molar-refractivity contribution in [3.05, 3.63) is 65.5 Å². The van der Waals surface area contributed by atoms with E-state index in [1.165, 1.54) is 11.1 Å². The number of likely N-dealkylation sites (tertiary alicyclic amines) is 2. The molecule has 1 aromatic carbocycles. The van der Waals surface area contributed by atoms with Crippen molar-refractivity contribution in [1.82, 2.24) is 25.4 Å². The number of carbonyl (C=O) groups is 1. The third-order valence-electron chi connectivity index (χ3n) is 6.34. The van der Waals surface area contributed by atoms with Crippen molar-refractivity contribution in [2.45, 2.75) is 58.3 Å². The van der Waals surface area contributed by atoms with Crippen molar-refractivity contribution in [2.75, 3.05) is 26.2 Å². The molecule has 4 rings (SSSR count). The molecule has 0 aliphatic carbocycles. The van der Waals surface area contributed by atoms with Gasteiger partial charge in [0.1, 0.15) is 0 Å². The average molecular weight is 449 g/mol. The molecule has 2 aliphatic rings. The van der Waals surface area contributed by atoms with Crippen LogP contribution in [0.5, 0.6) is 0 Å². The molecule has 2 saturated heterocycles. The first kappa shape index (κ1) is 23.2. The number of nitrogens with zero attached hydrogens (tertiary/aromatic N) is 4. The quantitative estimate of drug-likeness (QED) is 0.480. The number of carbonyl (C=O) groups excluding carboxylic acids is 1. The van der Waals surface area contributed by atoms with Crippen molar-refractivity contribution >= 4 is 11.9 Å². The molecule has 176 valence electrons. The molecule has 0 unspecified atom stereocenters. The summed E-state index contributed by atoms with van der Waals surface area (Å²) in [6.45, 7) is 8.16. The number of aromatic nitrogens is 1. The third-order valence-corrected chi connectivity index (χ3v) is 6.34. The molecule has 0 bridgehead atoms. The first-order chi connectivity index (χ1) is 16.2. The number of hydrogen-bond acceptors (Lipinski definition) is 4. The first-order valence-corrected chi connectivity index (χ1v) is 12.2. The van der Waals surface area contributed by atoms with Gasteiger partial charge in [-0.1, -0.05) is 30.3 Å². The van der Waals surface area contributed by atoms with Crippen LogP contribution in [0, 0.1) is 0 Å². The summed E-state index contributed by atoms with van der Waals surface area (Å²) in [6, 6.07) is 15.0. The zero-order chi connectivity index (χ0) is 22.9. The van der Waals surface area contributed by atoms with E-state index in [1.807, 2.05) is 17.2 Å². The number of amides is 1. The first-order valence-electron chi connectivity index (χ1n) is 12.2. The van der Waals surface area contributed by atoms with E-state index in [4.69, 9.17) is 4.99 Å². The van der Waals surface area contributed by atoms with Gasteiger partial charge in [-0.25, -0.2) is 4.99 Å². The van der Waals surface area contributed by atoms with Gasteiger partial charge in [-0.2, -0.15) is 0 Å². The summed E-state index contributed by atoms with van der Waals surface area (Å²) in [5.41, 5.74) is 3.48. The van der Waals surface area contributed by atoms with E-state index in [9.17, 15) is 4.79 Å². The van der Waals surface area contributed by atoms with Gasteiger partial charge >= 0.3 is 0 Å². The zero-order valence-corrected chi connectivity index (χ0v) is 19.7. The van der Waals surface area contributed by atoms with Gasteiger partial charge in [0.05, 0.1) is 12.2 Å². The number of hydrogen-bond donors (Lipinski definition) is 2. The Labute approximate surface area is 197 Å². The van der Waals surface area contributed by atoms with Crippen LogP contribution < -0.4 is 10.6 Å². The van der Waals surface area contributed by atoms with Crippen LogP contribution in [0.25, 0.3) is 0 Å². The molecule has 2 fully saturated rings. The van der Waals surface area contributed by atoms with E-state index in [0.717, 1.165) is 63.6 Å². The summed E-state index contributed by atoms with van der Waals surface area (Å²) in [6.07, 6.45) is 5.71. The highest BCUT2D eigenvalue weighted by Gasteiger charge is 2.21. The molecule has 7 nitrogen and oxygen atoms in total. The zero-order valence-electron chi connectivity index (χ0n) is 19.7. The topological polar surface area (TPSA) is 72.9 Å². The van der Waals surface area contributed by atoms with E-state index < -0.39 is 0 Å². The van der Waals surface area contributed by atoms with Gasteiger partial charge in [0, 0.05) is 57.9 Å². The van der Waals surface area contributed by atoms with Gasteiger partial charge in [0.25, 0.3) is 0 Å². The second-order valence-electron chi connectivity index (χ2n) is 8.95. The molecular weight excluding hydrogens is 412 g/mol. The van der Waals surface area contributed by atoms with Crippen molar-refractivity contribution in [3.8, 4) is 0 Å². The molecule has 33 heavy (non-hydrogen) atoms. The molecule has 2 N–H and O–H groups in total. The maximum absolute atomic E-state index is 11.9. The van der Waals surface area contributed by atoms with E-state index >= 15 is 0 Å². The molecule has 2 aliphatic heterocycles. The lowest BCUT2D eigenvalue weighted by Crippen LogP contribution is -2.48. The van der Waals surface area contributed by atoms with Gasteiger partial charge in [-0.05, 0) is 49.4 Å². The van der Waals surface area contributed by atoms with E-state index in [1.54, 1.807) is 0 Å². The van der Waals surface area contributed by atoms with Gasteiger partial charge < -0.3 is 15.5 Å². The fraction of sp³-hybridized carbons (Fsp3) is 0.500. The summed E-state index contributed by atoms with van der Waals surface area (Å²) >= 11 is 0. The van der Waals surface area contributed by atoms with Crippen LogP contribution in [0.15, 0.2) is 53.7 Å². The van der Waals surface area contributed by atoms with Crippen LogP contribution in [0.4, 0.5) is 0 Å². The van der Waals surface area contributed by atoms with Crippen molar-refractivity contribution in [2.24, 2.45) is 4.99 Å². The normalized spacial score (nSPS) is 18.0. The van der Waals surface area contributed by atoms with Gasteiger partial charge in [0.2, 0.25) is 5.91 Å². The van der Waals surface area contributed by atoms with E-state index in [2.05, 4.69) is 63.8 Å². The van der Waals surface area contributed by atoms with Gasteiger partial charge in [-0.3, -0.25) is 14.7 Å². The molecule has 3 heterocycles. The predicted octanol–water partition coefficient (Wildman–Crippen LogP) is 2.92. The van der Waals surface area contributed by atoms with Crippen LogP contribution in [-0.2, 0) is 24.4 Å². The number of aliphatic imine (C=N–C) groups is 1. The van der Waals surface area contributed by atoms with Crippen LogP contribution >= 0.6 is 0 Å². The molecule has 0 spiro atoms. The minimum absolute atomic E-state index is 0.267. The van der Waals surface area contributed by atoms with Crippen molar-refractivity contribution in [1.29, 1.82) is 0 Å². The molecule has 1 aromatic heterocycles. The molecule has 2 aromatic rings. The molecule has 1 amide bonds. The Morgan fingerprint density at radius 2 is 1.94 bits per heavy atom. The van der Waals surface area contributed by atoms with Crippen LogP contribution in [0.3, 0.4) is 0 Å². The Bertz CT molecular complexity index is 923. The Balaban J connectivity index is 1.28. The number of guanidine groups is 1. The molecule has 0 atom stereocenters. The highest BCUT2D eigenvalue weighted by atomic mass is 16.2. The SMILES string of the molecule is CCNC(=NCc1cccc(CN2CCCC2=O)c1)NC1CCN(Cc2ccccn2)CC1. The van der Waals surface area contributed by atoms with Crippen molar-refractivity contribution < 1.29 is 4.79 Å². The highest BCUT2D eigenvalue weighted by Crippen LogP contribution is 2.16. The minimum atomic E-state index is 0.267. The monoisotopic (exact) mass is 448 g/mol. The van der Waals surface area contributed by atoms with Crippen molar-refractivity contribution in [3.63, 3.8) is 0 Å². The molecule has 0 saturated carbocycles. The minimum Gasteiger partial charge on any atom is -0.357 e. The number of rotatable bonds is 8. The summed E-state index contributed by atoms with van der Waals surface area (Å²) in [5.74, 6) is 1.14. The van der Waals surface area contributed by atoms with Crippen LogP contribution in [0.2, 0.25) is 0 Å². The largest absolute Gasteiger partial charge is 0.357 e. The van der Waals surface area contributed by atoms with E-state index in [-0.39, 0.29) is 5.91 Å². The Hall–Kier alpha value is -2.93. The second kappa shape index (κ2) is 11.8. The number of pyridine rings is 1. The maximum Gasteiger partial charge on any atom is 0.222 e. The average Bonchev–Trinajstić information content (AvgIpc) is 3.24. The lowest BCUT2D eigenvalue weighted by Gasteiger charge is -2.32. The summed E-state index contributed by atoms with van der Waals surface area (Å²) in [4.78, 5) is 25.7. The number of nitrogens with one attached hydrogen (secondary N) is 2. The lowest BCUT2D eigenvalue weighted by atomic mass is 10.0. The fourth-order valence-corrected chi connectivity index (χ4v) is 4.56. The second-order valence-corrected chi connectivity index (χ2v) is 8.95. The lowest BCUT2D eigenvalue weighted by molar-refractivity contribution is -0.128. The Morgan fingerprint density at radius 3 is 2.67 bits per heavy atom. The fourth-order valence-electron chi connectivity index (χ4n) is 4.56. The van der Waals surface area contributed by atoms with Crippen LogP contribution in [0.1, 0.15) is 49.4 Å². The van der Waals surface area contributed by atoms with Crippen LogP contribution in [-0.4, -0.2) is 58.9 Å². The summed E-state index contributed by atoms with van der Waals surface area (Å²) in [5, 5.41) is 7.03. The van der Waals surface area contributed by atoms with Gasteiger partial charge in [-0.15, -0.1) is 0 Å². The van der Waals surface area contributed by atoms with Gasteiger partial charge in [0.15, 0.2) is 5.96 Å². The molecule has 0 radical (unpaired) electrons. The number of piperidine rings is 1. The Kier molecular flexibility index (Phi) is 8.30. The summed E-state index contributed by atoms with van der Waals surface area (Å²) in [7, 11) is 0. The van der Waals surface area contributed by atoms with E-state index in [0.29, 0.717) is 25.6 Å². The predicted molar refractivity (Wildman–Crippen MR) is 132 cm³/mol. The standard InChI is InChI=1S/C26H36N6O/c1-2-27-26(30-23-11-15-31(16-12-23)20-24-9-3-4-13-28-24)29-18-21-7-5-8-22(17-21)19-32-14-6-10-25(32)33/h3-5,7-9,13,17,23H,2,6,10-12,14-16,18-20H2,1H3,(H2,27,29,30). The third kappa shape index (κ3) is 7.02. The smallest absolute Gasteiger partial charge is 0.222 e. The molecular formula is C26H36N6O.